The normalized spacial score (nSPS) is 12.5. The second kappa shape index (κ2) is 6.84. The lowest BCUT2D eigenvalue weighted by Gasteiger charge is -2.08. The zero-order valence-corrected chi connectivity index (χ0v) is 6.81. The number of hydrogen-bond donors (Lipinski definition) is 0. The lowest BCUT2D eigenvalue weighted by Crippen LogP contribution is -2.07. The molecule has 0 heterocycles. The highest BCUT2D eigenvalue weighted by Gasteiger charge is 2.04. The van der Waals surface area contributed by atoms with Crippen molar-refractivity contribution < 1.29 is 14.1 Å². The lowest BCUT2D eigenvalue weighted by molar-refractivity contribution is -0.110. The first-order valence-electron chi connectivity index (χ1n) is 3.08. The van der Waals surface area contributed by atoms with Gasteiger partial charge in [0, 0.05) is 22.3 Å². The SMILES string of the molecule is O=CCC[C@H](CC=O)OP. The van der Waals surface area contributed by atoms with Gasteiger partial charge in [-0.25, -0.2) is 0 Å². The van der Waals surface area contributed by atoms with E-state index in [1.54, 1.807) is 0 Å². The third-order valence-electron chi connectivity index (χ3n) is 1.16. The molecule has 0 saturated carbocycles. The maximum Gasteiger partial charge on any atom is 0.122 e. The van der Waals surface area contributed by atoms with Crippen molar-refractivity contribution in [2.75, 3.05) is 0 Å². The van der Waals surface area contributed by atoms with Crippen LogP contribution in [0.3, 0.4) is 0 Å². The molecule has 0 aliphatic rings. The highest BCUT2D eigenvalue weighted by Crippen LogP contribution is 2.07. The van der Waals surface area contributed by atoms with Gasteiger partial charge in [-0.15, -0.1) is 0 Å². The van der Waals surface area contributed by atoms with E-state index in [1.165, 1.54) is 0 Å². The summed E-state index contributed by atoms with van der Waals surface area (Å²) in [6, 6.07) is 0. The van der Waals surface area contributed by atoms with Crippen LogP contribution in [0.4, 0.5) is 0 Å². The molecule has 0 saturated heterocycles. The number of carbonyl (C=O) groups excluding carboxylic acids is 2. The maximum atomic E-state index is 9.96. The van der Waals surface area contributed by atoms with E-state index in [9.17, 15) is 9.59 Å². The minimum Gasteiger partial charge on any atom is -0.362 e. The average molecular weight is 162 g/mol. The minimum absolute atomic E-state index is 0.118. The Kier molecular flexibility index (Phi) is 6.66. The fourth-order valence-corrected chi connectivity index (χ4v) is 0.850. The van der Waals surface area contributed by atoms with Gasteiger partial charge >= 0.3 is 0 Å². The molecule has 0 bridgehead atoms. The zero-order valence-electron chi connectivity index (χ0n) is 5.66. The van der Waals surface area contributed by atoms with Gasteiger partial charge in [0.1, 0.15) is 12.6 Å². The van der Waals surface area contributed by atoms with Gasteiger partial charge in [0.15, 0.2) is 0 Å². The van der Waals surface area contributed by atoms with E-state index in [0.29, 0.717) is 19.3 Å². The third-order valence-corrected chi connectivity index (χ3v) is 1.54. The first-order valence-corrected chi connectivity index (χ1v) is 3.55. The highest BCUT2D eigenvalue weighted by atomic mass is 31.0. The monoisotopic (exact) mass is 162 g/mol. The van der Waals surface area contributed by atoms with Crippen LogP contribution in [-0.4, -0.2) is 18.7 Å². The van der Waals surface area contributed by atoms with Crippen molar-refractivity contribution in [3.05, 3.63) is 0 Å². The largest absolute Gasteiger partial charge is 0.362 e. The zero-order chi connectivity index (χ0) is 7.82. The first kappa shape index (κ1) is 9.73. The molecule has 0 fully saturated rings. The van der Waals surface area contributed by atoms with Gasteiger partial charge in [0.05, 0.1) is 6.10 Å². The van der Waals surface area contributed by atoms with Gasteiger partial charge in [0.25, 0.3) is 0 Å². The van der Waals surface area contributed by atoms with Crippen LogP contribution in [0.25, 0.3) is 0 Å². The number of aldehydes is 2. The summed E-state index contributed by atoms with van der Waals surface area (Å²) in [5.41, 5.74) is 0. The van der Waals surface area contributed by atoms with Crippen molar-refractivity contribution in [3.8, 4) is 0 Å². The Morgan fingerprint density at radius 1 is 1.40 bits per heavy atom. The van der Waals surface area contributed by atoms with E-state index >= 15 is 0 Å². The topological polar surface area (TPSA) is 43.4 Å². The van der Waals surface area contributed by atoms with Crippen LogP contribution in [0.2, 0.25) is 0 Å². The van der Waals surface area contributed by atoms with Gasteiger partial charge < -0.3 is 14.1 Å². The standard InChI is InChI=1S/C6H11O3P/c7-4-1-2-6(9-10)3-5-8/h4-6H,1-3,10H2/t6-/m1/s1. The summed E-state index contributed by atoms with van der Waals surface area (Å²) in [4.78, 5) is 19.8. The molecule has 10 heavy (non-hydrogen) atoms. The van der Waals surface area contributed by atoms with E-state index in [0.717, 1.165) is 12.6 Å². The predicted octanol–water partition coefficient (Wildman–Crippen LogP) is 0.730. The molecule has 4 heteroatoms. The van der Waals surface area contributed by atoms with Gasteiger partial charge in [-0.05, 0) is 6.42 Å². The van der Waals surface area contributed by atoms with Crippen LogP contribution >= 0.6 is 9.47 Å². The average Bonchev–Trinajstić information content (AvgIpc) is 1.98. The molecule has 0 aromatic rings. The molecule has 0 aromatic carbocycles. The number of carbonyl (C=O) groups is 2. The Labute approximate surface area is 62.4 Å². The molecule has 0 aromatic heterocycles. The summed E-state index contributed by atoms with van der Waals surface area (Å²) in [6.45, 7) is 0. The number of rotatable bonds is 6. The Morgan fingerprint density at radius 3 is 2.50 bits per heavy atom. The Hall–Kier alpha value is -0.270. The summed E-state index contributed by atoms with van der Waals surface area (Å²) in [7, 11) is 2.09. The van der Waals surface area contributed by atoms with Gasteiger partial charge in [0.2, 0.25) is 0 Å². The molecule has 0 radical (unpaired) electrons. The van der Waals surface area contributed by atoms with Crippen LogP contribution in [0.1, 0.15) is 19.3 Å². The quantitative estimate of drug-likeness (QED) is 0.427. The molecule has 3 nitrogen and oxygen atoms in total. The highest BCUT2D eigenvalue weighted by molar-refractivity contribution is 7.09. The molecular weight excluding hydrogens is 151 g/mol. The molecule has 0 rings (SSSR count). The Bertz CT molecular complexity index is 105. The first-order chi connectivity index (χ1) is 4.85. The number of hydrogen-bond acceptors (Lipinski definition) is 3. The van der Waals surface area contributed by atoms with Gasteiger partial charge in [-0.3, -0.25) is 0 Å². The van der Waals surface area contributed by atoms with E-state index in [-0.39, 0.29) is 6.10 Å². The van der Waals surface area contributed by atoms with Crippen molar-refractivity contribution in [3.63, 3.8) is 0 Å². The van der Waals surface area contributed by atoms with Crippen molar-refractivity contribution >= 4 is 22.0 Å². The van der Waals surface area contributed by atoms with E-state index in [4.69, 9.17) is 4.52 Å². The van der Waals surface area contributed by atoms with Crippen LogP contribution in [0.15, 0.2) is 0 Å². The molecule has 0 aliphatic heterocycles. The summed E-state index contributed by atoms with van der Waals surface area (Å²) in [5.74, 6) is 0. The molecule has 0 aliphatic carbocycles. The second-order valence-electron chi connectivity index (χ2n) is 1.90. The molecule has 0 N–H and O–H groups in total. The predicted molar refractivity (Wildman–Crippen MR) is 40.6 cm³/mol. The lowest BCUT2D eigenvalue weighted by atomic mass is 10.2. The molecule has 58 valence electrons. The summed E-state index contributed by atoms with van der Waals surface area (Å²) in [5, 5.41) is 0. The summed E-state index contributed by atoms with van der Waals surface area (Å²) >= 11 is 0. The van der Waals surface area contributed by atoms with Crippen LogP contribution in [0.5, 0.6) is 0 Å². The summed E-state index contributed by atoms with van der Waals surface area (Å²) < 4.78 is 4.82. The molecule has 2 atom stereocenters. The van der Waals surface area contributed by atoms with Crippen molar-refractivity contribution in [2.24, 2.45) is 0 Å². The van der Waals surface area contributed by atoms with Crippen LogP contribution in [0, 0.1) is 0 Å². The molecule has 0 spiro atoms. The van der Waals surface area contributed by atoms with Crippen molar-refractivity contribution in [1.29, 1.82) is 0 Å². The van der Waals surface area contributed by atoms with Gasteiger partial charge in [-0.1, -0.05) is 0 Å². The molecule has 0 amide bonds. The maximum absolute atomic E-state index is 9.96. The fourth-order valence-electron chi connectivity index (χ4n) is 0.603. The van der Waals surface area contributed by atoms with Crippen molar-refractivity contribution in [1.82, 2.24) is 0 Å². The molecular formula is C6H11O3P. The third kappa shape index (κ3) is 4.59. The summed E-state index contributed by atoms with van der Waals surface area (Å²) in [6.07, 6.45) is 2.92. The van der Waals surface area contributed by atoms with E-state index < -0.39 is 0 Å². The van der Waals surface area contributed by atoms with E-state index in [1.807, 2.05) is 0 Å². The fraction of sp³-hybridized carbons (Fsp3) is 0.667. The van der Waals surface area contributed by atoms with Crippen molar-refractivity contribution in [2.45, 2.75) is 25.4 Å². The van der Waals surface area contributed by atoms with Gasteiger partial charge in [-0.2, -0.15) is 0 Å². The smallest absolute Gasteiger partial charge is 0.122 e. The van der Waals surface area contributed by atoms with E-state index in [2.05, 4.69) is 9.47 Å². The van der Waals surface area contributed by atoms with Crippen LogP contribution in [-0.2, 0) is 14.1 Å². The second-order valence-corrected chi connectivity index (χ2v) is 2.18. The Morgan fingerprint density at radius 2 is 2.10 bits per heavy atom. The molecule has 1 unspecified atom stereocenters. The van der Waals surface area contributed by atoms with Crippen LogP contribution < -0.4 is 0 Å². The Balaban J connectivity index is 3.38. The minimum atomic E-state index is -0.118.